The maximum absolute atomic E-state index is 14.8. The van der Waals surface area contributed by atoms with Crippen LogP contribution in [0.3, 0.4) is 0 Å². The van der Waals surface area contributed by atoms with Gasteiger partial charge in [0.05, 0.1) is 10.7 Å². The second kappa shape index (κ2) is 8.89. The third-order valence-corrected chi connectivity index (χ3v) is 7.61. The van der Waals surface area contributed by atoms with Crippen LogP contribution < -0.4 is 0 Å². The highest BCUT2D eigenvalue weighted by atomic mass is 32.1. The normalized spacial score (nSPS) is 19.9. The van der Waals surface area contributed by atoms with E-state index in [0.717, 1.165) is 54.8 Å². The fourth-order valence-electron chi connectivity index (χ4n) is 5.00. The van der Waals surface area contributed by atoms with Gasteiger partial charge in [-0.3, -0.25) is 0 Å². The van der Waals surface area contributed by atoms with E-state index < -0.39 is 5.60 Å². The van der Waals surface area contributed by atoms with E-state index in [4.69, 9.17) is 9.72 Å². The molecule has 1 saturated carbocycles. The van der Waals surface area contributed by atoms with Gasteiger partial charge in [-0.25, -0.2) is 14.2 Å². The number of hydrogen-bond donors (Lipinski definition) is 0. The smallest absolute Gasteiger partial charge is 0.410 e. The number of carbonyl (C=O) groups is 1. The molecule has 2 aromatic rings. The Morgan fingerprint density at radius 2 is 1.84 bits per heavy atom. The van der Waals surface area contributed by atoms with Crippen LogP contribution in [-0.4, -0.2) is 34.7 Å². The van der Waals surface area contributed by atoms with Crippen LogP contribution in [0.2, 0.25) is 0 Å². The van der Waals surface area contributed by atoms with Crippen LogP contribution in [-0.2, 0) is 10.2 Å². The number of piperidine rings is 1. The number of carbonyl (C=O) groups excluding carboxylic acids is 1. The lowest BCUT2D eigenvalue weighted by Gasteiger charge is -2.37. The summed E-state index contributed by atoms with van der Waals surface area (Å²) in [6.45, 7) is 7.06. The largest absolute Gasteiger partial charge is 0.444 e. The predicted octanol–water partition coefficient (Wildman–Crippen LogP) is 6.65. The number of likely N-dealkylation sites (tertiary alicyclic amines) is 1. The van der Waals surface area contributed by atoms with Crippen molar-refractivity contribution in [3.63, 3.8) is 0 Å². The van der Waals surface area contributed by atoms with Crippen molar-refractivity contribution in [3.05, 3.63) is 51.7 Å². The standard InChI is InChI=1S/C25H33FN2O2S/c1-24(2,3)30-23(29)28-15-11-18(12-16-28)22-27-21(17-31-22)25(13-7-4-8-14-25)19-9-5-6-10-20(19)26/h5-6,9-10,17-18H,4,7-8,11-16H2,1-3H3. The number of benzene rings is 1. The van der Waals surface area contributed by atoms with Crippen LogP contribution in [0.1, 0.15) is 87.9 Å². The van der Waals surface area contributed by atoms with Gasteiger partial charge < -0.3 is 9.64 Å². The SMILES string of the molecule is CC(C)(C)OC(=O)N1CCC(c2nc(C3(c4ccccc4F)CCCCC3)cs2)CC1. The van der Waals surface area contributed by atoms with Crippen molar-refractivity contribution in [2.75, 3.05) is 13.1 Å². The molecule has 2 fully saturated rings. The van der Waals surface area contributed by atoms with Crippen molar-refractivity contribution in [1.29, 1.82) is 0 Å². The van der Waals surface area contributed by atoms with Crippen molar-refractivity contribution < 1.29 is 13.9 Å². The first-order valence-corrected chi connectivity index (χ1v) is 12.4. The lowest BCUT2D eigenvalue weighted by atomic mass is 9.67. The predicted molar refractivity (Wildman–Crippen MR) is 122 cm³/mol. The van der Waals surface area contributed by atoms with Gasteiger partial charge in [-0.1, -0.05) is 37.5 Å². The molecule has 168 valence electrons. The van der Waals surface area contributed by atoms with Crippen molar-refractivity contribution >= 4 is 17.4 Å². The molecule has 1 saturated heterocycles. The average Bonchev–Trinajstić information content (AvgIpc) is 3.24. The highest BCUT2D eigenvalue weighted by Gasteiger charge is 2.40. The molecule has 6 heteroatoms. The van der Waals surface area contributed by atoms with Crippen LogP contribution in [0.25, 0.3) is 0 Å². The van der Waals surface area contributed by atoms with Crippen molar-refractivity contribution in [3.8, 4) is 0 Å². The molecule has 1 aromatic heterocycles. The Morgan fingerprint density at radius 1 is 1.16 bits per heavy atom. The average molecular weight is 445 g/mol. The summed E-state index contributed by atoms with van der Waals surface area (Å²) in [6.07, 6.45) is 6.87. The molecule has 4 rings (SSSR count). The molecular formula is C25H33FN2O2S. The molecule has 0 radical (unpaired) electrons. The number of nitrogens with zero attached hydrogens (tertiary/aromatic N) is 2. The maximum atomic E-state index is 14.8. The van der Waals surface area contributed by atoms with E-state index in [2.05, 4.69) is 5.38 Å². The summed E-state index contributed by atoms with van der Waals surface area (Å²) < 4.78 is 20.3. The van der Waals surface area contributed by atoms with Crippen molar-refractivity contribution in [1.82, 2.24) is 9.88 Å². The molecule has 1 amide bonds. The van der Waals surface area contributed by atoms with Gasteiger partial charge in [0.1, 0.15) is 11.4 Å². The van der Waals surface area contributed by atoms with Crippen molar-refractivity contribution in [2.45, 2.75) is 82.7 Å². The summed E-state index contributed by atoms with van der Waals surface area (Å²) in [4.78, 5) is 19.3. The Morgan fingerprint density at radius 3 is 2.48 bits per heavy atom. The Kier molecular flexibility index (Phi) is 6.38. The molecule has 0 spiro atoms. The lowest BCUT2D eigenvalue weighted by Crippen LogP contribution is -2.41. The molecule has 2 heterocycles. The van der Waals surface area contributed by atoms with Gasteiger partial charge in [-0.05, 0) is 58.1 Å². The lowest BCUT2D eigenvalue weighted by molar-refractivity contribution is 0.0204. The molecule has 2 aliphatic rings. The zero-order chi connectivity index (χ0) is 22.1. The van der Waals surface area contributed by atoms with Gasteiger partial charge in [0, 0.05) is 29.8 Å². The summed E-state index contributed by atoms with van der Waals surface area (Å²) in [6, 6.07) is 7.22. The summed E-state index contributed by atoms with van der Waals surface area (Å²) in [5.74, 6) is 0.225. The van der Waals surface area contributed by atoms with E-state index in [9.17, 15) is 9.18 Å². The molecule has 0 unspecified atom stereocenters. The van der Waals surface area contributed by atoms with E-state index in [-0.39, 0.29) is 17.3 Å². The molecule has 0 N–H and O–H groups in total. The Hall–Kier alpha value is -1.95. The third kappa shape index (κ3) is 4.79. The quantitative estimate of drug-likeness (QED) is 0.532. The summed E-state index contributed by atoms with van der Waals surface area (Å²) in [5, 5.41) is 3.29. The fourth-order valence-corrected chi connectivity index (χ4v) is 6.09. The minimum Gasteiger partial charge on any atom is -0.444 e. The number of aromatic nitrogens is 1. The summed E-state index contributed by atoms with van der Waals surface area (Å²) in [7, 11) is 0. The monoisotopic (exact) mass is 444 g/mol. The van der Waals surface area contributed by atoms with Crippen LogP contribution in [0.4, 0.5) is 9.18 Å². The third-order valence-electron chi connectivity index (χ3n) is 6.60. The molecule has 1 aromatic carbocycles. The number of hydrogen-bond acceptors (Lipinski definition) is 4. The van der Waals surface area contributed by atoms with Crippen LogP contribution in [0.5, 0.6) is 0 Å². The number of ether oxygens (including phenoxy) is 1. The first-order chi connectivity index (χ1) is 14.8. The molecule has 1 aliphatic carbocycles. The Labute approximate surface area is 188 Å². The summed E-state index contributed by atoms with van der Waals surface area (Å²) >= 11 is 1.70. The first kappa shape index (κ1) is 22.3. The van der Waals surface area contributed by atoms with E-state index in [1.807, 2.05) is 32.9 Å². The molecule has 31 heavy (non-hydrogen) atoms. The molecule has 0 bridgehead atoms. The van der Waals surface area contributed by atoms with E-state index in [1.54, 1.807) is 28.4 Å². The molecular weight excluding hydrogens is 411 g/mol. The second-order valence-corrected chi connectivity index (χ2v) is 10.8. The highest BCUT2D eigenvalue weighted by molar-refractivity contribution is 7.09. The minimum atomic E-state index is -0.473. The van der Waals surface area contributed by atoms with E-state index >= 15 is 0 Å². The highest BCUT2D eigenvalue weighted by Crippen LogP contribution is 2.46. The minimum absolute atomic E-state index is 0.121. The van der Waals surface area contributed by atoms with Gasteiger partial charge in [0.2, 0.25) is 0 Å². The van der Waals surface area contributed by atoms with Crippen LogP contribution in [0, 0.1) is 5.82 Å². The van der Waals surface area contributed by atoms with Gasteiger partial charge >= 0.3 is 6.09 Å². The van der Waals surface area contributed by atoms with Gasteiger partial charge in [0.15, 0.2) is 0 Å². The number of amides is 1. The number of halogens is 1. The molecule has 1 aliphatic heterocycles. The summed E-state index contributed by atoms with van der Waals surface area (Å²) in [5.41, 5.74) is 1.05. The Balaban J connectivity index is 1.50. The topological polar surface area (TPSA) is 42.4 Å². The molecule has 0 atom stereocenters. The number of rotatable bonds is 3. The van der Waals surface area contributed by atoms with Gasteiger partial charge in [-0.15, -0.1) is 11.3 Å². The fraction of sp³-hybridized carbons (Fsp3) is 0.600. The second-order valence-electron chi connectivity index (χ2n) is 9.94. The van der Waals surface area contributed by atoms with Crippen LogP contribution >= 0.6 is 11.3 Å². The maximum Gasteiger partial charge on any atom is 0.410 e. The zero-order valence-corrected chi connectivity index (χ0v) is 19.6. The van der Waals surface area contributed by atoms with Crippen LogP contribution in [0.15, 0.2) is 29.6 Å². The van der Waals surface area contributed by atoms with Gasteiger partial charge in [0.25, 0.3) is 0 Å². The Bertz CT molecular complexity index is 906. The van der Waals surface area contributed by atoms with Gasteiger partial charge in [-0.2, -0.15) is 0 Å². The van der Waals surface area contributed by atoms with Crippen molar-refractivity contribution in [2.24, 2.45) is 0 Å². The number of thiazole rings is 1. The zero-order valence-electron chi connectivity index (χ0n) is 18.8. The molecule has 4 nitrogen and oxygen atoms in total. The van der Waals surface area contributed by atoms with E-state index in [0.29, 0.717) is 19.0 Å². The first-order valence-electron chi connectivity index (χ1n) is 11.5. The van der Waals surface area contributed by atoms with E-state index in [1.165, 1.54) is 6.42 Å².